The van der Waals surface area contributed by atoms with E-state index in [1.807, 2.05) is 31.2 Å². The maximum atomic E-state index is 11.3. The van der Waals surface area contributed by atoms with Crippen molar-refractivity contribution in [2.75, 3.05) is 0 Å². The van der Waals surface area contributed by atoms with Crippen LogP contribution in [0.4, 0.5) is 11.4 Å². The van der Waals surface area contributed by atoms with Crippen LogP contribution in [-0.4, -0.2) is 20.1 Å². The van der Waals surface area contributed by atoms with E-state index in [4.69, 9.17) is 0 Å². The lowest BCUT2D eigenvalue weighted by atomic mass is 9.70. The van der Waals surface area contributed by atoms with Crippen molar-refractivity contribution in [3.05, 3.63) is 103 Å². The third-order valence-electron chi connectivity index (χ3n) is 5.13. The molecule has 0 aliphatic rings. The van der Waals surface area contributed by atoms with E-state index in [2.05, 4.69) is 0 Å². The summed E-state index contributed by atoms with van der Waals surface area (Å²) in [6.45, 7) is 3.70. The highest BCUT2D eigenvalue weighted by Gasteiger charge is 2.35. The average molecular weight is 394 g/mol. The van der Waals surface area contributed by atoms with E-state index in [9.17, 15) is 30.4 Å². The molecule has 0 saturated carbocycles. The number of aromatic hydroxyl groups is 2. The van der Waals surface area contributed by atoms with Crippen molar-refractivity contribution >= 4 is 11.4 Å². The fraction of sp³-hybridized carbons (Fsp3) is 0.143. The molecule has 8 nitrogen and oxygen atoms in total. The van der Waals surface area contributed by atoms with Gasteiger partial charge in [0.05, 0.1) is 9.85 Å². The predicted molar refractivity (Wildman–Crippen MR) is 106 cm³/mol. The highest BCUT2D eigenvalue weighted by atomic mass is 16.6. The lowest BCUT2D eigenvalue weighted by molar-refractivity contribution is -0.386. The first-order chi connectivity index (χ1) is 13.6. The van der Waals surface area contributed by atoms with Crippen LogP contribution >= 0.6 is 0 Å². The van der Waals surface area contributed by atoms with E-state index < -0.39 is 38.1 Å². The topological polar surface area (TPSA) is 127 Å². The average Bonchev–Trinajstić information content (AvgIpc) is 2.68. The second-order valence-corrected chi connectivity index (χ2v) is 6.91. The summed E-state index contributed by atoms with van der Waals surface area (Å²) >= 11 is 0. The molecule has 0 amide bonds. The summed E-state index contributed by atoms with van der Waals surface area (Å²) in [5, 5.41) is 42.3. The molecule has 3 rings (SSSR count). The molecule has 0 unspecified atom stereocenters. The molecule has 8 heteroatoms. The van der Waals surface area contributed by atoms with Gasteiger partial charge in [-0.2, -0.15) is 0 Å². The van der Waals surface area contributed by atoms with Gasteiger partial charge in [-0.3, -0.25) is 20.2 Å². The van der Waals surface area contributed by atoms with E-state index in [0.29, 0.717) is 11.1 Å². The second kappa shape index (κ2) is 7.23. The first-order valence-electron chi connectivity index (χ1n) is 8.67. The monoisotopic (exact) mass is 394 g/mol. The quantitative estimate of drug-likeness (QED) is 0.370. The molecule has 0 aliphatic carbocycles. The zero-order valence-corrected chi connectivity index (χ0v) is 15.7. The molecule has 0 fully saturated rings. The second-order valence-electron chi connectivity index (χ2n) is 6.91. The van der Waals surface area contributed by atoms with Gasteiger partial charge in [0, 0.05) is 17.5 Å². The van der Waals surface area contributed by atoms with Gasteiger partial charge in [0.1, 0.15) is 0 Å². The first-order valence-corrected chi connectivity index (χ1v) is 8.67. The van der Waals surface area contributed by atoms with Crippen LogP contribution in [0, 0.1) is 27.2 Å². The van der Waals surface area contributed by atoms with Gasteiger partial charge in [0.15, 0.2) is 11.5 Å². The Hall–Kier alpha value is -3.94. The van der Waals surface area contributed by atoms with Gasteiger partial charge in [-0.05, 0) is 42.7 Å². The Bertz CT molecular complexity index is 1050. The van der Waals surface area contributed by atoms with Gasteiger partial charge in [-0.15, -0.1) is 0 Å². The third kappa shape index (κ3) is 3.47. The molecule has 3 aromatic carbocycles. The molecule has 0 radical (unpaired) electrons. The molecule has 148 valence electrons. The van der Waals surface area contributed by atoms with E-state index in [0.717, 1.165) is 11.1 Å². The lowest BCUT2D eigenvalue weighted by Crippen LogP contribution is -2.25. The Morgan fingerprint density at radius 3 is 1.48 bits per heavy atom. The van der Waals surface area contributed by atoms with Gasteiger partial charge in [-0.25, -0.2) is 0 Å². The van der Waals surface area contributed by atoms with Crippen LogP contribution in [0.1, 0.15) is 29.2 Å². The molecular formula is C21H18N2O6. The summed E-state index contributed by atoms with van der Waals surface area (Å²) in [5.41, 5.74) is 0.720. The van der Waals surface area contributed by atoms with Crippen LogP contribution in [0.2, 0.25) is 0 Å². The van der Waals surface area contributed by atoms with Gasteiger partial charge >= 0.3 is 11.4 Å². The standard InChI is InChI=1S/C21H18N2O6/c1-13-3-5-14(6-4-13)21(2,15-7-9-19(24)17(11-15)22(26)27)16-8-10-20(25)18(12-16)23(28)29/h3-12,24-25H,1-2H3. The van der Waals surface area contributed by atoms with Crippen molar-refractivity contribution in [3.63, 3.8) is 0 Å². The minimum atomic E-state index is -1.02. The summed E-state index contributed by atoms with van der Waals surface area (Å²) < 4.78 is 0. The molecule has 0 saturated heterocycles. The number of nitrogens with zero attached hydrogens (tertiary/aromatic N) is 2. The SMILES string of the molecule is Cc1ccc(C(C)(c2ccc(O)c([N+](=O)[O-])c2)c2ccc(O)c([N+](=O)[O-])c2)cc1. The van der Waals surface area contributed by atoms with Crippen molar-refractivity contribution in [2.24, 2.45) is 0 Å². The smallest absolute Gasteiger partial charge is 0.311 e. The highest BCUT2D eigenvalue weighted by Crippen LogP contribution is 2.43. The number of hydrogen-bond acceptors (Lipinski definition) is 6. The van der Waals surface area contributed by atoms with Crippen LogP contribution in [0.3, 0.4) is 0 Å². The first kappa shape index (κ1) is 19.8. The molecule has 0 aromatic heterocycles. The zero-order valence-electron chi connectivity index (χ0n) is 15.7. The van der Waals surface area contributed by atoms with Gasteiger partial charge < -0.3 is 10.2 Å². The van der Waals surface area contributed by atoms with E-state index in [1.165, 1.54) is 24.3 Å². The van der Waals surface area contributed by atoms with Crippen LogP contribution in [0.5, 0.6) is 11.5 Å². The Balaban J connectivity index is 2.33. The van der Waals surface area contributed by atoms with E-state index in [1.54, 1.807) is 19.1 Å². The minimum absolute atomic E-state index is 0.464. The van der Waals surface area contributed by atoms with Crippen molar-refractivity contribution in [1.29, 1.82) is 0 Å². The maximum Gasteiger partial charge on any atom is 0.311 e. The molecule has 29 heavy (non-hydrogen) atoms. The molecule has 0 heterocycles. The molecule has 0 aliphatic heterocycles. The zero-order chi connectivity index (χ0) is 21.3. The Morgan fingerprint density at radius 2 is 1.10 bits per heavy atom. The molecule has 2 N–H and O–H groups in total. The molecule has 3 aromatic rings. The number of aryl methyl sites for hydroxylation is 1. The van der Waals surface area contributed by atoms with E-state index in [-0.39, 0.29) is 0 Å². The molecule has 0 spiro atoms. The van der Waals surface area contributed by atoms with Gasteiger partial charge in [0.25, 0.3) is 0 Å². The van der Waals surface area contributed by atoms with Crippen LogP contribution in [-0.2, 0) is 5.41 Å². The summed E-state index contributed by atoms with van der Waals surface area (Å²) in [5.74, 6) is -0.941. The van der Waals surface area contributed by atoms with Crippen LogP contribution in [0.25, 0.3) is 0 Å². The maximum absolute atomic E-state index is 11.3. The summed E-state index contributed by atoms with van der Waals surface area (Å²) in [7, 11) is 0. The number of rotatable bonds is 5. The Kier molecular flexibility index (Phi) is 4.94. The van der Waals surface area contributed by atoms with Gasteiger partial charge in [-0.1, -0.05) is 42.0 Å². The number of benzene rings is 3. The van der Waals surface area contributed by atoms with Crippen molar-refractivity contribution in [3.8, 4) is 11.5 Å². The molecule has 0 bridgehead atoms. The fourth-order valence-corrected chi connectivity index (χ4v) is 3.35. The van der Waals surface area contributed by atoms with Crippen molar-refractivity contribution in [1.82, 2.24) is 0 Å². The van der Waals surface area contributed by atoms with Crippen molar-refractivity contribution < 1.29 is 20.1 Å². The van der Waals surface area contributed by atoms with Gasteiger partial charge in [0.2, 0.25) is 0 Å². The normalized spacial score (nSPS) is 11.2. The third-order valence-corrected chi connectivity index (χ3v) is 5.13. The summed E-state index contributed by atoms with van der Waals surface area (Å²) in [4.78, 5) is 21.3. The highest BCUT2D eigenvalue weighted by molar-refractivity contribution is 5.59. The van der Waals surface area contributed by atoms with Crippen LogP contribution in [0.15, 0.2) is 60.7 Å². The Labute approximate surface area is 166 Å². The summed E-state index contributed by atoms with van der Waals surface area (Å²) in [6.07, 6.45) is 0. The summed E-state index contributed by atoms with van der Waals surface area (Å²) in [6, 6.07) is 15.5. The van der Waals surface area contributed by atoms with Crippen LogP contribution < -0.4 is 0 Å². The van der Waals surface area contributed by atoms with E-state index >= 15 is 0 Å². The Morgan fingerprint density at radius 1 is 0.724 bits per heavy atom. The number of hydrogen-bond donors (Lipinski definition) is 2. The fourth-order valence-electron chi connectivity index (χ4n) is 3.35. The largest absolute Gasteiger partial charge is 0.502 e. The predicted octanol–water partition coefficient (Wildman–Crippen LogP) is 4.58. The lowest BCUT2D eigenvalue weighted by Gasteiger charge is -2.32. The number of phenolic OH excluding ortho intramolecular Hbond substituents is 2. The molecular weight excluding hydrogens is 376 g/mol. The minimum Gasteiger partial charge on any atom is -0.502 e. The van der Waals surface area contributed by atoms with Crippen molar-refractivity contribution in [2.45, 2.75) is 19.3 Å². The molecule has 0 atom stereocenters. The number of nitro benzene ring substituents is 2. The number of nitro groups is 2. The number of phenols is 2.